The fourth-order valence-electron chi connectivity index (χ4n) is 1.30. The van der Waals surface area contributed by atoms with Gasteiger partial charge in [0.2, 0.25) is 0 Å². The molecule has 0 spiro atoms. The molecule has 1 aromatic carbocycles. The van der Waals surface area contributed by atoms with Crippen molar-refractivity contribution < 1.29 is 13.2 Å². The van der Waals surface area contributed by atoms with E-state index in [0.29, 0.717) is 5.56 Å². The minimum absolute atomic E-state index is 0.288. The highest BCUT2D eigenvalue weighted by Gasteiger charge is 2.09. The molecule has 0 aromatic heterocycles. The van der Waals surface area contributed by atoms with Crippen molar-refractivity contribution in [2.75, 3.05) is 19.3 Å². The van der Waals surface area contributed by atoms with Gasteiger partial charge in [-0.15, -0.1) is 0 Å². The quantitative estimate of drug-likeness (QED) is 0.784. The summed E-state index contributed by atoms with van der Waals surface area (Å²) in [5, 5.41) is 0. The zero-order chi connectivity index (χ0) is 11.4. The van der Waals surface area contributed by atoms with Crippen molar-refractivity contribution in [2.24, 2.45) is 0 Å². The standard InChI is InChI=1S/C10H13F3N2/c1-15(6-10(12)13)5-7-2-3-8(11)4-9(7)14/h2-4,10H,5-6,14H2,1H3. The first kappa shape index (κ1) is 11.8. The molecule has 0 bridgehead atoms. The summed E-state index contributed by atoms with van der Waals surface area (Å²) in [6.45, 7) is -0.0345. The van der Waals surface area contributed by atoms with E-state index >= 15 is 0 Å². The molecule has 1 aromatic rings. The lowest BCUT2D eigenvalue weighted by molar-refractivity contribution is 0.0976. The number of halogens is 3. The van der Waals surface area contributed by atoms with E-state index in [1.54, 1.807) is 7.05 Å². The Morgan fingerprint density at radius 2 is 2.07 bits per heavy atom. The minimum Gasteiger partial charge on any atom is -0.398 e. The highest BCUT2D eigenvalue weighted by atomic mass is 19.3. The molecular formula is C10H13F3N2. The Balaban J connectivity index is 2.64. The summed E-state index contributed by atoms with van der Waals surface area (Å²) in [6, 6.07) is 3.96. The Kier molecular flexibility index (Phi) is 3.96. The number of alkyl halides is 2. The molecule has 0 unspecified atom stereocenters. The van der Waals surface area contributed by atoms with Crippen LogP contribution in [0, 0.1) is 5.82 Å². The molecule has 0 fully saturated rings. The molecule has 2 N–H and O–H groups in total. The molecule has 0 radical (unpaired) electrons. The third-order valence-electron chi connectivity index (χ3n) is 2.00. The maximum absolute atomic E-state index is 12.7. The van der Waals surface area contributed by atoms with E-state index in [9.17, 15) is 13.2 Å². The van der Waals surface area contributed by atoms with Crippen molar-refractivity contribution in [2.45, 2.75) is 13.0 Å². The fourth-order valence-corrected chi connectivity index (χ4v) is 1.30. The monoisotopic (exact) mass is 218 g/mol. The van der Waals surface area contributed by atoms with Gasteiger partial charge in [-0.25, -0.2) is 13.2 Å². The van der Waals surface area contributed by atoms with Gasteiger partial charge in [0.15, 0.2) is 0 Å². The van der Waals surface area contributed by atoms with Crippen LogP contribution in [0.1, 0.15) is 5.56 Å². The molecule has 0 aliphatic rings. The number of hydrogen-bond donors (Lipinski definition) is 1. The Bertz CT molecular complexity index is 328. The van der Waals surface area contributed by atoms with Gasteiger partial charge in [0.25, 0.3) is 6.43 Å². The summed E-state index contributed by atoms with van der Waals surface area (Å²) < 4.78 is 36.7. The lowest BCUT2D eigenvalue weighted by Gasteiger charge is -2.17. The number of nitrogen functional groups attached to an aromatic ring is 1. The number of rotatable bonds is 4. The smallest absolute Gasteiger partial charge is 0.251 e. The van der Waals surface area contributed by atoms with Gasteiger partial charge in [-0.1, -0.05) is 6.07 Å². The molecule has 0 atom stereocenters. The molecule has 5 heteroatoms. The molecular weight excluding hydrogens is 205 g/mol. The van der Waals surface area contributed by atoms with E-state index in [4.69, 9.17) is 5.73 Å². The van der Waals surface area contributed by atoms with Gasteiger partial charge in [-0.2, -0.15) is 0 Å². The number of nitrogens with two attached hydrogens (primary N) is 1. The third-order valence-corrected chi connectivity index (χ3v) is 2.00. The van der Waals surface area contributed by atoms with Gasteiger partial charge in [0.1, 0.15) is 5.82 Å². The second-order valence-corrected chi connectivity index (χ2v) is 3.43. The van der Waals surface area contributed by atoms with E-state index in [2.05, 4.69) is 0 Å². The molecule has 0 saturated carbocycles. The number of anilines is 1. The van der Waals surface area contributed by atoms with Crippen LogP contribution in [0.25, 0.3) is 0 Å². The zero-order valence-electron chi connectivity index (χ0n) is 8.38. The molecule has 0 aliphatic carbocycles. The lowest BCUT2D eigenvalue weighted by Crippen LogP contribution is -2.24. The second kappa shape index (κ2) is 5.02. The molecule has 84 valence electrons. The van der Waals surface area contributed by atoms with Crippen molar-refractivity contribution in [3.63, 3.8) is 0 Å². The van der Waals surface area contributed by atoms with E-state index in [0.717, 1.165) is 0 Å². The average Bonchev–Trinajstić information content (AvgIpc) is 2.08. The summed E-state index contributed by atoms with van der Waals surface area (Å²) in [7, 11) is 1.56. The lowest BCUT2D eigenvalue weighted by atomic mass is 10.1. The van der Waals surface area contributed by atoms with Crippen LogP contribution in [0.3, 0.4) is 0 Å². The second-order valence-electron chi connectivity index (χ2n) is 3.43. The summed E-state index contributed by atoms with van der Waals surface area (Å²) in [6.07, 6.45) is -2.38. The molecule has 0 heterocycles. The molecule has 1 rings (SSSR count). The van der Waals surface area contributed by atoms with Crippen LogP contribution in [0.5, 0.6) is 0 Å². The summed E-state index contributed by atoms with van der Waals surface area (Å²) in [4.78, 5) is 1.44. The van der Waals surface area contributed by atoms with Crippen LogP contribution >= 0.6 is 0 Å². The van der Waals surface area contributed by atoms with Crippen LogP contribution in [-0.2, 0) is 6.54 Å². The van der Waals surface area contributed by atoms with Crippen molar-refractivity contribution in [3.05, 3.63) is 29.6 Å². The maximum atomic E-state index is 12.7. The van der Waals surface area contributed by atoms with Crippen molar-refractivity contribution >= 4 is 5.69 Å². The molecule has 0 amide bonds. The van der Waals surface area contributed by atoms with Crippen molar-refractivity contribution in [3.8, 4) is 0 Å². The predicted molar refractivity (Wildman–Crippen MR) is 53.2 cm³/mol. The average molecular weight is 218 g/mol. The number of nitrogens with zero attached hydrogens (tertiary/aromatic N) is 1. The number of hydrogen-bond acceptors (Lipinski definition) is 2. The summed E-state index contributed by atoms with van der Waals surface area (Å²) in [5.74, 6) is -0.423. The minimum atomic E-state index is -2.38. The van der Waals surface area contributed by atoms with Gasteiger partial charge in [-0.3, -0.25) is 4.90 Å². The Labute approximate surface area is 86.5 Å². The van der Waals surface area contributed by atoms with Crippen LogP contribution in [0.4, 0.5) is 18.9 Å². The van der Waals surface area contributed by atoms with E-state index in [1.165, 1.54) is 23.1 Å². The third kappa shape index (κ3) is 3.79. The van der Waals surface area contributed by atoms with Gasteiger partial charge < -0.3 is 5.73 Å². The first-order valence-corrected chi connectivity index (χ1v) is 4.49. The zero-order valence-corrected chi connectivity index (χ0v) is 8.38. The van der Waals surface area contributed by atoms with Crippen LogP contribution in [0.2, 0.25) is 0 Å². The normalized spacial score (nSPS) is 11.3. The van der Waals surface area contributed by atoms with Crippen molar-refractivity contribution in [1.29, 1.82) is 0 Å². The highest BCUT2D eigenvalue weighted by molar-refractivity contribution is 5.46. The molecule has 0 aliphatic heterocycles. The Hall–Kier alpha value is -1.23. The summed E-state index contributed by atoms with van der Waals surface area (Å²) in [5.41, 5.74) is 6.49. The Morgan fingerprint density at radius 3 is 2.60 bits per heavy atom. The SMILES string of the molecule is CN(Cc1ccc(F)cc1N)CC(F)F. The highest BCUT2D eigenvalue weighted by Crippen LogP contribution is 2.15. The van der Waals surface area contributed by atoms with E-state index in [-0.39, 0.29) is 18.8 Å². The Morgan fingerprint density at radius 1 is 1.40 bits per heavy atom. The first-order valence-electron chi connectivity index (χ1n) is 4.49. The van der Waals surface area contributed by atoms with Gasteiger partial charge in [0, 0.05) is 12.2 Å². The van der Waals surface area contributed by atoms with E-state index < -0.39 is 12.2 Å². The molecule has 0 saturated heterocycles. The maximum Gasteiger partial charge on any atom is 0.251 e. The fraction of sp³-hybridized carbons (Fsp3) is 0.400. The number of benzene rings is 1. The van der Waals surface area contributed by atoms with Gasteiger partial charge >= 0.3 is 0 Å². The van der Waals surface area contributed by atoms with Crippen LogP contribution in [-0.4, -0.2) is 24.9 Å². The van der Waals surface area contributed by atoms with Crippen LogP contribution in [0.15, 0.2) is 18.2 Å². The van der Waals surface area contributed by atoms with E-state index in [1.807, 2.05) is 0 Å². The van der Waals surface area contributed by atoms with Gasteiger partial charge in [-0.05, 0) is 24.7 Å². The topological polar surface area (TPSA) is 29.3 Å². The molecule has 2 nitrogen and oxygen atoms in total. The van der Waals surface area contributed by atoms with Gasteiger partial charge in [0.05, 0.1) is 6.54 Å². The molecule has 15 heavy (non-hydrogen) atoms. The van der Waals surface area contributed by atoms with Crippen molar-refractivity contribution in [1.82, 2.24) is 4.90 Å². The predicted octanol–water partition coefficient (Wildman–Crippen LogP) is 2.10. The summed E-state index contributed by atoms with van der Waals surface area (Å²) >= 11 is 0. The largest absolute Gasteiger partial charge is 0.398 e. The first-order chi connectivity index (χ1) is 6.99. The van der Waals surface area contributed by atoms with Crippen LogP contribution < -0.4 is 5.73 Å².